The Morgan fingerprint density at radius 2 is 1.88 bits per heavy atom. The van der Waals surface area contributed by atoms with Crippen LogP contribution in [0.5, 0.6) is 11.5 Å². The van der Waals surface area contributed by atoms with E-state index >= 15 is 0 Å². The number of rotatable bonds is 6. The maximum atomic E-state index is 12.3. The van der Waals surface area contributed by atoms with Crippen LogP contribution in [-0.4, -0.2) is 48.1 Å². The molecule has 1 saturated heterocycles. The van der Waals surface area contributed by atoms with Gasteiger partial charge in [0.25, 0.3) is 5.91 Å². The van der Waals surface area contributed by atoms with Crippen LogP contribution in [0.3, 0.4) is 0 Å². The van der Waals surface area contributed by atoms with E-state index in [4.69, 9.17) is 21.7 Å². The van der Waals surface area contributed by atoms with Crippen molar-refractivity contribution in [3.05, 3.63) is 29.5 Å². The first kappa shape index (κ1) is 18.3. The number of hydrogen-bond donors (Lipinski definition) is 0. The highest BCUT2D eigenvalue weighted by molar-refractivity contribution is 7.80. The number of carbonyl (C=O) groups excluding carboxylic acids is 1. The first-order valence-electron chi connectivity index (χ1n) is 8.02. The lowest BCUT2D eigenvalue weighted by atomic mass is 10.1. The van der Waals surface area contributed by atoms with Crippen molar-refractivity contribution in [3.63, 3.8) is 0 Å². The van der Waals surface area contributed by atoms with Crippen LogP contribution in [0.4, 0.5) is 0 Å². The summed E-state index contributed by atoms with van der Waals surface area (Å²) in [7, 11) is 3.47. The number of carbonyl (C=O) groups is 1. The van der Waals surface area contributed by atoms with Crippen LogP contribution in [-0.2, 0) is 4.79 Å². The van der Waals surface area contributed by atoms with Gasteiger partial charge in [0.2, 0.25) is 0 Å². The van der Waals surface area contributed by atoms with Crippen molar-refractivity contribution < 1.29 is 14.3 Å². The first-order chi connectivity index (χ1) is 11.3. The quantitative estimate of drug-likeness (QED) is 0.583. The molecule has 1 aromatic carbocycles. The van der Waals surface area contributed by atoms with Crippen molar-refractivity contribution in [1.82, 2.24) is 9.80 Å². The molecular weight excluding hydrogens is 324 g/mol. The maximum absolute atomic E-state index is 12.3. The highest BCUT2D eigenvalue weighted by atomic mass is 32.1. The summed E-state index contributed by atoms with van der Waals surface area (Å²) in [5.74, 6) is 1.71. The van der Waals surface area contributed by atoms with Crippen molar-refractivity contribution >= 4 is 29.3 Å². The molecule has 0 saturated carbocycles. The van der Waals surface area contributed by atoms with E-state index in [2.05, 4.69) is 13.8 Å². The minimum absolute atomic E-state index is 0.111. The van der Waals surface area contributed by atoms with Gasteiger partial charge in [-0.25, -0.2) is 0 Å². The molecule has 0 aliphatic carbocycles. The molecule has 1 fully saturated rings. The lowest BCUT2D eigenvalue weighted by molar-refractivity contribution is -0.121. The highest BCUT2D eigenvalue weighted by Gasteiger charge is 2.32. The molecule has 0 N–H and O–H groups in total. The van der Waals surface area contributed by atoms with E-state index in [1.165, 1.54) is 4.90 Å². The fraction of sp³-hybridized carbons (Fsp3) is 0.444. The Hall–Kier alpha value is -2.08. The van der Waals surface area contributed by atoms with Gasteiger partial charge in [-0.15, -0.1) is 0 Å². The van der Waals surface area contributed by atoms with E-state index in [1.54, 1.807) is 19.0 Å². The van der Waals surface area contributed by atoms with Crippen LogP contribution in [0.15, 0.2) is 23.9 Å². The molecule has 0 radical (unpaired) electrons. The second kappa shape index (κ2) is 7.66. The average Bonchev–Trinajstić information content (AvgIpc) is 2.72. The highest BCUT2D eigenvalue weighted by Crippen LogP contribution is 2.30. The average molecular weight is 348 g/mol. The number of hydrogen-bond acceptors (Lipinski definition) is 4. The van der Waals surface area contributed by atoms with Gasteiger partial charge in [0.1, 0.15) is 5.70 Å². The Balaban J connectivity index is 2.31. The summed E-state index contributed by atoms with van der Waals surface area (Å²) in [4.78, 5) is 15.4. The molecule has 5 nitrogen and oxygen atoms in total. The van der Waals surface area contributed by atoms with Gasteiger partial charge in [0.05, 0.1) is 13.2 Å². The fourth-order valence-electron chi connectivity index (χ4n) is 2.31. The molecule has 1 heterocycles. The Morgan fingerprint density at radius 3 is 2.42 bits per heavy atom. The van der Waals surface area contributed by atoms with E-state index in [-0.39, 0.29) is 5.91 Å². The van der Waals surface area contributed by atoms with E-state index < -0.39 is 0 Å². The molecule has 130 valence electrons. The van der Waals surface area contributed by atoms with Crippen LogP contribution in [0.1, 0.15) is 26.3 Å². The summed E-state index contributed by atoms with van der Waals surface area (Å²) < 4.78 is 11.5. The predicted molar refractivity (Wildman–Crippen MR) is 99.1 cm³/mol. The predicted octanol–water partition coefficient (Wildman–Crippen LogP) is 3.15. The van der Waals surface area contributed by atoms with Crippen molar-refractivity contribution in [2.24, 2.45) is 5.92 Å². The third-order valence-corrected chi connectivity index (χ3v) is 4.15. The normalized spacial score (nSPS) is 16.5. The summed E-state index contributed by atoms with van der Waals surface area (Å²) in [6.07, 6.45) is 1.81. The number of likely N-dealkylation sites (N-methyl/N-ethyl adjacent to an activating group) is 2. The number of amides is 1. The minimum Gasteiger partial charge on any atom is -0.490 e. The molecule has 1 amide bonds. The molecule has 24 heavy (non-hydrogen) atoms. The standard InChI is InChI=1S/C18H24N2O3S/c1-6-22-16-10-13(7-8-15(16)23-11-12(2)3)9-14-17(21)20(5)18(24)19(14)4/h7-10,12H,6,11H2,1-5H3/b14-9-. The lowest BCUT2D eigenvalue weighted by Crippen LogP contribution is -2.26. The van der Waals surface area contributed by atoms with Crippen LogP contribution in [0.25, 0.3) is 6.08 Å². The number of benzene rings is 1. The third-order valence-electron chi connectivity index (χ3n) is 3.60. The Kier molecular flexibility index (Phi) is 5.83. The van der Waals surface area contributed by atoms with Crippen molar-refractivity contribution in [1.29, 1.82) is 0 Å². The van der Waals surface area contributed by atoms with E-state index in [0.717, 1.165) is 5.56 Å². The summed E-state index contributed by atoms with van der Waals surface area (Å²) in [6, 6.07) is 5.67. The van der Waals surface area contributed by atoms with Crippen molar-refractivity contribution in [2.45, 2.75) is 20.8 Å². The second-order valence-electron chi connectivity index (χ2n) is 6.08. The Morgan fingerprint density at radius 1 is 1.17 bits per heavy atom. The molecule has 0 bridgehead atoms. The fourth-order valence-corrected chi connectivity index (χ4v) is 2.49. The first-order valence-corrected chi connectivity index (χ1v) is 8.43. The molecule has 0 unspecified atom stereocenters. The maximum Gasteiger partial charge on any atom is 0.276 e. The molecule has 0 atom stereocenters. The van der Waals surface area contributed by atoms with Gasteiger partial charge in [0, 0.05) is 14.1 Å². The minimum atomic E-state index is -0.111. The zero-order chi connectivity index (χ0) is 17.9. The van der Waals surface area contributed by atoms with Gasteiger partial charge in [-0.1, -0.05) is 19.9 Å². The van der Waals surface area contributed by atoms with Crippen molar-refractivity contribution in [3.8, 4) is 11.5 Å². The number of ether oxygens (including phenoxy) is 2. The van der Waals surface area contributed by atoms with Crippen LogP contribution in [0.2, 0.25) is 0 Å². The number of thiocarbonyl (C=S) groups is 1. The largest absolute Gasteiger partial charge is 0.490 e. The number of nitrogens with zero attached hydrogens (tertiary/aromatic N) is 2. The van der Waals surface area contributed by atoms with Crippen LogP contribution < -0.4 is 9.47 Å². The Bertz CT molecular complexity index is 670. The lowest BCUT2D eigenvalue weighted by Gasteiger charge is -2.14. The van der Waals surface area contributed by atoms with Gasteiger partial charge in [-0.05, 0) is 48.8 Å². The summed E-state index contributed by atoms with van der Waals surface area (Å²) in [6.45, 7) is 7.30. The van der Waals surface area contributed by atoms with Gasteiger partial charge in [-0.3, -0.25) is 9.69 Å². The Labute approximate surface area is 148 Å². The molecule has 0 spiro atoms. The van der Waals surface area contributed by atoms with Gasteiger partial charge >= 0.3 is 0 Å². The van der Waals surface area contributed by atoms with Gasteiger partial charge in [-0.2, -0.15) is 0 Å². The van der Waals surface area contributed by atoms with E-state index in [0.29, 0.717) is 41.4 Å². The van der Waals surface area contributed by atoms with Crippen LogP contribution >= 0.6 is 12.2 Å². The van der Waals surface area contributed by atoms with Gasteiger partial charge in [0.15, 0.2) is 16.6 Å². The molecule has 2 rings (SSSR count). The zero-order valence-electron chi connectivity index (χ0n) is 14.8. The summed E-state index contributed by atoms with van der Waals surface area (Å²) in [5, 5.41) is 0.494. The van der Waals surface area contributed by atoms with Gasteiger partial charge < -0.3 is 14.4 Å². The second-order valence-corrected chi connectivity index (χ2v) is 6.44. The van der Waals surface area contributed by atoms with Crippen molar-refractivity contribution in [2.75, 3.05) is 27.3 Å². The van der Waals surface area contributed by atoms with E-state index in [1.807, 2.05) is 31.2 Å². The smallest absolute Gasteiger partial charge is 0.276 e. The summed E-state index contributed by atoms with van der Waals surface area (Å²) in [5.41, 5.74) is 1.41. The van der Waals surface area contributed by atoms with E-state index in [9.17, 15) is 4.79 Å². The summed E-state index contributed by atoms with van der Waals surface area (Å²) >= 11 is 5.23. The molecule has 0 aromatic heterocycles. The molecule has 1 aliphatic rings. The topological polar surface area (TPSA) is 42.0 Å². The zero-order valence-corrected chi connectivity index (χ0v) is 15.6. The van der Waals surface area contributed by atoms with Crippen LogP contribution in [0, 0.1) is 5.92 Å². The third kappa shape index (κ3) is 3.87. The molecule has 1 aliphatic heterocycles. The molecular formula is C18H24N2O3S. The molecule has 1 aromatic rings. The SMILES string of the molecule is CCOc1cc(/C=C2/C(=O)N(C)C(=S)N2C)ccc1OCC(C)C. The monoisotopic (exact) mass is 348 g/mol. The molecule has 6 heteroatoms.